The van der Waals surface area contributed by atoms with Crippen molar-refractivity contribution >= 4 is 16.6 Å². The van der Waals surface area contributed by atoms with Crippen LogP contribution in [0, 0.1) is 6.92 Å². The molecule has 0 aliphatic heterocycles. The summed E-state index contributed by atoms with van der Waals surface area (Å²) < 4.78 is 0. The highest BCUT2D eigenvalue weighted by Crippen LogP contribution is 2.13. The maximum absolute atomic E-state index is 12.1. The zero-order valence-corrected chi connectivity index (χ0v) is 11.6. The molecule has 3 rings (SSSR count). The Bertz CT molecular complexity index is 909. The Morgan fingerprint density at radius 2 is 1.95 bits per heavy atom. The van der Waals surface area contributed by atoms with E-state index in [-0.39, 0.29) is 11.1 Å². The van der Waals surface area contributed by atoms with E-state index in [2.05, 4.69) is 15.3 Å². The third-order valence-electron chi connectivity index (χ3n) is 3.37. The normalized spacial score (nSPS) is 10.7. The first-order chi connectivity index (χ1) is 10.1. The first kappa shape index (κ1) is 13.2. The first-order valence-electron chi connectivity index (χ1n) is 6.67. The molecule has 0 aliphatic rings. The van der Waals surface area contributed by atoms with E-state index in [1.807, 2.05) is 31.2 Å². The summed E-state index contributed by atoms with van der Waals surface area (Å²) in [4.78, 5) is 29.1. The molecule has 5 heteroatoms. The molecule has 3 N–H and O–H groups in total. The number of fused-ring (bicyclic) bond motifs is 1. The van der Waals surface area contributed by atoms with Crippen LogP contribution in [0.2, 0.25) is 0 Å². The number of pyridine rings is 2. The molecule has 0 fully saturated rings. The number of nitrogens with one attached hydrogen (secondary N) is 3. The van der Waals surface area contributed by atoms with Gasteiger partial charge in [0, 0.05) is 23.8 Å². The zero-order valence-electron chi connectivity index (χ0n) is 11.6. The summed E-state index contributed by atoms with van der Waals surface area (Å²) in [5, 5.41) is 3.95. The summed E-state index contributed by atoms with van der Waals surface area (Å²) in [5.41, 5.74) is 2.61. The lowest BCUT2D eigenvalue weighted by Crippen LogP contribution is -2.18. The Kier molecular flexibility index (Phi) is 3.31. The summed E-state index contributed by atoms with van der Waals surface area (Å²) in [6, 6.07) is 11.2. The van der Waals surface area contributed by atoms with Crippen LogP contribution in [0.15, 0.2) is 52.2 Å². The van der Waals surface area contributed by atoms with Gasteiger partial charge in [-0.1, -0.05) is 12.1 Å². The monoisotopic (exact) mass is 281 g/mol. The van der Waals surface area contributed by atoms with Gasteiger partial charge in [-0.05, 0) is 42.1 Å². The van der Waals surface area contributed by atoms with Gasteiger partial charge in [0.05, 0.1) is 0 Å². The van der Waals surface area contributed by atoms with Crippen LogP contribution in [-0.4, -0.2) is 9.97 Å². The molecule has 0 amide bonds. The molecule has 0 aliphatic carbocycles. The minimum atomic E-state index is -0.203. The molecule has 3 aromatic rings. The molecule has 2 heterocycles. The van der Waals surface area contributed by atoms with Gasteiger partial charge in [0.1, 0.15) is 5.69 Å². The van der Waals surface area contributed by atoms with Crippen LogP contribution in [0.3, 0.4) is 0 Å². The van der Waals surface area contributed by atoms with Crippen LogP contribution in [0.25, 0.3) is 10.9 Å². The molecule has 0 unspecified atom stereocenters. The average molecular weight is 281 g/mol. The largest absolute Gasteiger partial charge is 0.376 e. The number of aromatic amines is 2. The van der Waals surface area contributed by atoms with Crippen molar-refractivity contribution in [2.75, 3.05) is 5.32 Å². The molecule has 0 spiro atoms. The Hall–Kier alpha value is -2.82. The zero-order chi connectivity index (χ0) is 14.8. The summed E-state index contributed by atoms with van der Waals surface area (Å²) >= 11 is 0. The first-order valence-corrected chi connectivity index (χ1v) is 6.67. The lowest BCUT2D eigenvalue weighted by Gasteiger charge is -2.06. The van der Waals surface area contributed by atoms with Crippen molar-refractivity contribution < 1.29 is 0 Å². The van der Waals surface area contributed by atoms with E-state index in [4.69, 9.17) is 0 Å². The Morgan fingerprint density at radius 3 is 2.76 bits per heavy atom. The van der Waals surface area contributed by atoms with Gasteiger partial charge in [-0.3, -0.25) is 9.59 Å². The molecule has 0 saturated carbocycles. The highest BCUT2D eigenvalue weighted by Gasteiger charge is 2.04. The van der Waals surface area contributed by atoms with Crippen LogP contribution in [0.4, 0.5) is 5.69 Å². The Balaban J connectivity index is 1.92. The van der Waals surface area contributed by atoms with Crippen LogP contribution < -0.4 is 16.4 Å². The maximum atomic E-state index is 12.1. The molecule has 0 atom stereocenters. The van der Waals surface area contributed by atoms with Gasteiger partial charge in [-0.2, -0.15) is 0 Å². The second-order valence-electron chi connectivity index (χ2n) is 4.98. The molecule has 5 nitrogen and oxygen atoms in total. The van der Waals surface area contributed by atoms with Crippen molar-refractivity contribution in [2.45, 2.75) is 13.5 Å². The number of H-pyrrole nitrogens is 2. The number of anilines is 1. The van der Waals surface area contributed by atoms with Gasteiger partial charge in [-0.25, -0.2) is 0 Å². The molecular formula is C16H15N3O2. The number of hydrogen-bond acceptors (Lipinski definition) is 3. The van der Waals surface area contributed by atoms with E-state index >= 15 is 0 Å². The van der Waals surface area contributed by atoms with Gasteiger partial charge in [0.25, 0.3) is 11.1 Å². The van der Waals surface area contributed by atoms with Crippen LogP contribution >= 0.6 is 0 Å². The number of aryl methyl sites for hydroxylation is 1. The van der Waals surface area contributed by atoms with E-state index in [1.54, 1.807) is 18.3 Å². The van der Waals surface area contributed by atoms with Crippen LogP contribution in [0.1, 0.15) is 11.1 Å². The van der Waals surface area contributed by atoms with E-state index in [9.17, 15) is 9.59 Å². The number of rotatable bonds is 3. The van der Waals surface area contributed by atoms with Crippen molar-refractivity contribution in [1.29, 1.82) is 0 Å². The van der Waals surface area contributed by atoms with Crippen molar-refractivity contribution in [3.05, 3.63) is 74.4 Å². The van der Waals surface area contributed by atoms with Gasteiger partial charge in [-0.15, -0.1) is 0 Å². The fourth-order valence-corrected chi connectivity index (χ4v) is 2.24. The fourth-order valence-electron chi connectivity index (χ4n) is 2.24. The second kappa shape index (κ2) is 5.28. The Labute approximate surface area is 120 Å². The van der Waals surface area contributed by atoms with Crippen molar-refractivity contribution in [3.63, 3.8) is 0 Å². The number of benzene rings is 1. The molecule has 0 saturated heterocycles. The molecule has 2 aromatic heterocycles. The quantitative estimate of drug-likeness (QED) is 0.688. The number of aromatic nitrogens is 2. The number of hydrogen-bond donors (Lipinski definition) is 3. The van der Waals surface area contributed by atoms with E-state index < -0.39 is 0 Å². The average Bonchev–Trinajstić information content (AvgIpc) is 2.46. The predicted octanol–water partition coefficient (Wildman–Crippen LogP) is 2.14. The van der Waals surface area contributed by atoms with E-state index in [0.29, 0.717) is 17.8 Å². The van der Waals surface area contributed by atoms with E-state index in [0.717, 1.165) is 16.5 Å². The standard InChI is InChI=1S/C16H15N3O2/c1-10-4-5-11-8-12(15(20)19-14(11)7-10)9-18-13-3-2-6-17-16(13)21/h2-8,18H,9H2,1H3,(H,17,21)(H,19,20). The summed E-state index contributed by atoms with van der Waals surface area (Å²) in [6.07, 6.45) is 1.57. The fraction of sp³-hybridized carbons (Fsp3) is 0.125. The topological polar surface area (TPSA) is 77.8 Å². The summed E-state index contributed by atoms with van der Waals surface area (Å²) in [5.74, 6) is 0. The van der Waals surface area contributed by atoms with Gasteiger partial charge >= 0.3 is 0 Å². The van der Waals surface area contributed by atoms with Crippen molar-refractivity contribution in [3.8, 4) is 0 Å². The molecule has 21 heavy (non-hydrogen) atoms. The smallest absolute Gasteiger partial charge is 0.271 e. The molecular weight excluding hydrogens is 266 g/mol. The van der Waals surface area contributed by atoms with Gasteiger partial charge < -0.3 is 15.3 Å². The van der Waals surface area contributed by atoms with Crippen LogP contribution in [0.5, 0.6) is 0 Å². The highest BCUT2D eigenvalue weighted by molar-refractivity contribution is 5.79. The highest BCUT2D eigenvalue weighted by atomic mass is 16.1. The lowest BCUT2D eigenvalue weighted by molar-refractivity contribution is 1.07. The van der Waals surface area contributed by atoms with Gasteiger partial charge in [0.15, 0.2) is 0 Å². The second-order valence-corrected chi connectivity index (χ2v) is 4.98. The third-order valence-corrected chi connectivity index (χ3v) is 3.37. The minimum absolute atomic E-state index is 0.145. The molecule has 1 aromatic carbocycles. The SMILES string of the molecule is Cc1ccc2cc(CNc3ccc[nH]c3=O)c(=O)[nH]c2c1. The molecule has 106 valence electrons. The Morgan fingerprint density at radius 1 is 1.10 bits per heavy atom. The molecule has 0 bridgehead atoms. The predicted molar refractivity (Wildman–Crippen MR) is 83.7 cm³/mol. The van der Waals surface area contributed by atoms with Crippen molar-refractivity contribution in [2.24, 2.45) is 0 Å². The lowest BCUT2D eigenvalue weighted by atomic mass is 10.1. The van der Waals surface area contributed by atoms with Gasteiger partial charge in [0.2, 0.25) is 0 Å². The van der Waals surface area contributed by atoms with E-state index in [1.165, 1.54) is 0 Å². The summed E-state index contributed by atoms with van der Waals surface area (Å²) in [7, 11) is 0. The minimum Gasteiger partial charge on any atom is -0.376 e. The third kappa shape index (κ3) is 2.72. The van der Waals surface area contributed by atoms with Crippen molar-refractivity contribution in [1.82, 2.24) is 9.97 Å². The van der Waals surface area contributed by atoms with Crippen LogP contribution in [-0.2, 0) is 6.54 Å². The molecule has 0 radical (unpaired) electrons. The summed E-state index contributed by atoms with van der Waals surface area (Å²) in [6.45, 7) is 2.28. The maximum Gasteiger partial charge on any atom is 0.271 e.